The minimum atomic E-state index is -0.303. The van der Waals surface area contributed by atoms with Crippen molar-refractivity contribution in [3.63, 3.8) is 0 Å². The molecule has 6 nitrogen and oxygen atoms in total. The molecule has 138 valence electrons. The van der Waals surface area contributed by atoms with E-state index in [0.717, 1.165) is 18.7 Å². The Kier molecular flexibility index (Phi) is 6.03. The molecule has 2 heterocycles. The number of halogens is 1. The lowest BCUT2D eigenvalue weighted by molar-refractivity contribution is 0.384. The normalized spacial score (nSPS) is 11.4. The second-order valence-electron chi connectivity index (χ2n) is 6.43. The van der Waals surface area contributed by atoms with E-state index in [-0.39, 0.29) is 5.82 Å². The molecular weight excluding hydrogens is 353 g/mol. The van der Waals surface area contributed by atoms with Gasteiger partial charge in [-0.25, -0.2) is 4.39 Å². The van der Waals surface area contributed by atoms with E-state index in [1.165, 1.54) is 17.8 Å². The lowest BCUT2D eigenvalue weighted by Gasteiger charge is -2.12. The van der Waals surface area contributed by atoms with Crippen molar-refractivity contribution in [1.29, 1.82) is 0 Å². The van der Waals surface area contributed by atoms with Crippen molar-refractivity contribution in [3.8, 4) is 11.4 Å². The van der Waals surface area contributed by atoms with Gasteiger partial charge in [0.05, 0.1) is 11.3 Å². The summed E-state index contributed by atoms with van der Waals surface area (Å²) in [5, 5.41) is 13.2. The highest BCUT2D eigenvalue weighted by molar-refractivity contribution is 7.98. The molecule has 0 unspecified atom stereocenters. The smallest absolute Gasteiger partial charge is 0.237 e. The molecule has 0 N–H and O–H groups in total. The first-order valence-corrected chi connectivity index (χ1v) is 9.69. The van der Waals surface area contributed by atoms with Crippen LogP contribution in [-0.2, 0) is 18.7 Å². The SMILES string of the molecule is CCCc1noc(CSc2nnc(-c3ccccc3F)n2CC(C)C)n1. The summed E-state index contributed by atoms with van der Waals surface area (Å²) in [5.74, 6) is 2.39. The van der Waals surface area contributed by atoms with Crippen LogP contribution in [0.15, 0.2) is 33.9 Å². The Labute approximate surface area is 156 Å². The first-order chi connectivity index (χ1) is 12.6. The molecule has 3 rings (SSSR count). The van der Waals surface area contributed by atoms with Crippen molar-refractivity contribution >= 4 is 11.8 Å². The van der Waals surface area contributed by atoms with Gasteiger partial charge in [0.1, 0.15) is 5.82 Å². The third-order valence-electron chi connectivity index (χ3n) is 3.69. The van der Waals surface area contributed by atoms with E-state index < -0.39 is 0 Å². The van der Waals surface area contributed by atoms with Crippen molar-refractivity contribution in [2.75, 3.05) is 0 Å². The summed E-state index contributed by atoms with van der Waals surface area (Å²) in [4.78, 5) is 4.37. The lowest BCUT2D eigenvalue weighted by atomic mass is 10.2. The monoisotopic (exact) mass is 375 g/mol. The van der Waals surface area contributed by atoms with Gasteiger partial charge >= 0.3 is 0 Å². The average molecular weight is 375 g/mol. The maximum absolute atomic E-state index is 14.2. The molecule has 0 atom stereocenters. The van der Waals surface area contributed by atoms with E-state index in [1.807, 2.05) is 4.57 Å². The first kappa shape index (κ1) is 18.6. The van der Waals surface area contributed by atoms with Gasteiger partial charge in [-0.15, -0.1) is 10.2 Å². The Hall–Kier alpha value is -2.22. The van der Waals surface area contributed by atoms with Crippen molar-refractivity contribution < 1.29 is 8.91 Å². The molecule has 0 aliphatic rings. The van der Waals surface area contributed by atoms with Gasteiger partial charge in [-0.05, 0) is 24.5 Å². The zero-order chi connectivity index (χ0) is 18.5. The van der Waals surface area contributed by atoms with Crippen LogP contribution < -0.4 is 0 Å². The van der Waals surface area contributed by atoms with E-state index in [1.54, 1.807) is 18.2 Å². The van der Waals surface area contributed by atoms with Crippen LogP contribution in [0.3, 0.4) is 0 Å². The maximum atomic E-state index is 14.2. The number of rotatable bonds is 8. The zero-order valence-corrected chi connectivity index (χ0v) is 16.0. The van der Waals surface area contributed by atoms with Crippen molar-refractivity contribution in [2.24, 2.45) is 5.92 Å². The fraction of sp³-hybridized carbons (Fsp3) is 0.444. The minimum absolute atomic E-state index is 0.303. The van der Waals surface area contributed by atoms with Crippen molar-refractivity contribution in [1.82, 2.24) is 24.9 Å². The Bertz CT molecular complexity index is 861. The molecule has 0 saturated carbocycles. The van der Waals surface area contributed by atoms with Crippen LogP contribution in [0.2, 0.25) is 0 Å². The number of nitrogens with zero attached hydrogens (tertiary/aromatic N) is 5. The molecule has 3 aromatic rings. The van der Waals surface area contributed by atoms with Gasteiger partial charge in [-0.2, -0.15) is 4.98 Å². The summed E-state index contributed by atoms with van der Waals surface area (Å²) in [6.07, 6.45) is 1.77. The largest absolute Gasteiger partial charge is 0.338 e. The van der Waals surface area contributed by atoms with Gasteiger partial charge in [0.25, 0.3) is 0 Å². The number of benzene rings is 1. The van der Waals surface area contributed by atoms with E-state index >= 15 is 0 Å². The van der Waals surface area contributed by atoms with Crippen LogP contribution in [0, 0.1) is 11.7 Å². The summed E-state index contributed by atoms with van der Waals surface area (Å²) in [6.45, 7) is 6.98. The third-order valence-corrected chi connectivity index (χ3v) is 4.64. The van der Waals surface area contributed by atoms with Gasteiger partial charge < -0.3 is 9.09 Å². The molecule has 0 amide bonds. The molecule has 1 aromatic carbocycles. The molecular formula is C18H22FN5OS. The van der Waals surface area contributed by atoms with Crippen molar-refractivity contribution in [3.05, 3.63) is 41.8 Å². The summed E-state index contributed by atoms with van der Waals surface area (Å²) in [6, 6.07) is 6.62. The molecule has 0 bridgehead atoms. The highest BCUT2D eigenvalue weighted by Crippen LogP contribution is 2.28. The summed E-state index contributed by atoms with van der Waals surface area (Å²) < 4.78 is 21.4. The minimum Gasteiger partial charge on any atom is -0.338 e. The fourth-order valence-electron chi connectivity index (χ4n) is 2.57. The van der Waals surface area contributed by atoms with Crippen LogP contribution in [0.1, 0.15) is 38.9 Å². The number of hydrogen-bond acceptors (Lipinski definition) is 6. The van der Waals surface area contributed by atoms with Crippen LogP contribution in [0.25, 0.3) is 11.4 Å². The number of aryl methyl sites for hydroxylation is 1. The molecule has 0 fully saturated rings. The second kappa shape index (κ2) is 8.44. The van der Waals surface area contributed by atoms with Crippen molar-refractivity contribution in [2.45, 2.75) is 51.1 Å². The number of thioether (sulfide) groups is 1. The molecule has 0 aliphatic heterocycles. The number of aromatic nitrogens is 5. The third kappa shape index (κ3) is 4.30. The molecule has 2 aromatic heterocycles. The summed E-state index contributed by atoms with van der Waals surface area (Å²) in [7, 11) is 0. The predicted octanol–water partition coefficient (Wildman–Crippen LogP) is 4.37. The Morgan fingerprint density at radius 1 is 1.23 bits per heavy atom. The van der Waals surface area contributed by atoms with E-state index in [0.29, 0.717) is 40.7 Å². The van der Waals surface area contributed by atoms with Crippen LogP contribution in [0.4, 0.5) is 4.39 Å². The number of hydrogen-bond donors (Lipinski definition) is 0. The molecule has 0 aliphatic carbocycles. The van der Waals surface area contributed by atoms with E-state index in [9.17, 15) is 4.39 Å². The van der Waals surface area contributed by atoms with Crippen LogP contribution >= 0.6 is 11.8 Å². The molecule has 0 spiro atoms. The van der Waals surface area contributed by atoms with Crippen LogP contribution in [0.5, 0.6) is 0 Å². The van der Waals surface area contributed by atoms with Gasteiger partial charge in [-0.3, -0.25) is 0 Å². The highest BCUT2D eigenvalue weighted by Gasteiger charge is 2.18. The quantitative estimate of drug-likeness (QED) is 0.545. The van der Waals surface area contributed by atoms with Gasteiger partial charge in [-0.1, -0.05) is 49.8 Å². The summed E-state index contributed by atoms with van der Waals surface area (Å²) in [5.41, 5.74) is 0.454. The second-order valence-corrected chi connectivity index (χ2v) is 7.38. The molecule has 26 heavy (non-hydrogen) atoms. The molecule has 0 saturated heterocycles. The maximum Gasteiger partial charge on any atom is 0.237 e. The zero-order valence-electron chi connectivity index (χ0n) is 15.1. The van der Waals surface area contributed by atoms with E-state index in [2.05, 4.69) is 41.1 Å². The summed E-state index contributed by atoms with van der Waals surface area (Å²) >= 11 is 1.47. The Morgan fingerprint density at radius 2 is 2.04 bits per heavy atom. The highest BCUT2D eigenvalue weighted by atomic mass is 32.2. The Morgan fingerprint density at radius 3 is 2.77 bits per heavy atom. The van der Waals surface area contributed by atoms with Gasteiger partial charge in [0, 0.05) is 13.0 Å². The van der Waals surface area contributed by atoms with E-state index in [4.69, 9.17) is 4.52 Å². The predicted molar refractivity (Wildman–Crippen MR) is 98.1 cm³/mol. The topological polar surface area (TPSA) is 69.6 Å². The standard InChI is InChI=1S/C18H22FN5OS/c1-4-7-15-20-16(25-23-15)11-26-18-22-21-17(24(18)10-12(2)3)13-8-5-6-9-14(13)19/h5-6,8-9,12H,4,7,10-11H2,1-3H3. The first-order valence-electron chi connectivity index (χ1n) is 8.70. The van der Waals surface area contributed by atoms with Gasteiger partial charge in [0.2, 0.25) is 5.89 Å². The lowest BCUT2D eigenvalue weighted by Crippen LogP contribution is -2.08. The molecule has 8 heteroatoms. The Balaban J connectivity index is 1.83. The van der Waals surface area contributed by atoms with Gasteiger partial charge in [0.15, 0.2) is 16.8 Å². The fourth-order valence-corrected chi connectivity index (χ4v) is 3.35. The van der Waals surface area contributed by atoms with Crippen LogP contribution in [-0.4, -0.2) is 24.9 Å². The molecule has 0 radical (unpaired) electrons. The average Bonchev–Trinajstić information content (AvgIpc) is 3.21.